The second-order valence-electron chi connectivity index (χ2n) is 6.76. The number of rotatable bonds is 3. The quantitative estimate of drug-likeness (QED) is 0.671. The van der Waals surface area contributed by atoms with E-state index in [9.17, 15) is 21.6 Å². The van der Waals surface area contributed by atoms with Crippen LogP contribution in [-0.4, -0.2) is 75.4 Å². The number of sulfonamides is 1. The molecule has 3 fully saturated rings. The summed E-state index contributed by atoms with van der Waals surface area (Å²) in [5, 5.41) is -1.08. The van der Waals surface area contributed by atoms with Crippen molar-refractivity contribution >= 4 is 25.8 Å². The highest BCUT2D eigenvalue weighted by molar-refractivity contribution is 7.92. The molecule has 2 heterocycles. The fourth-order valence-electron chi connectivity index (χ4n) is 3.61. The highest BCUT2D eigenvalue weighted by Crippen LogP contribution is 2.41. The third-order valence-electron chi connectivity index (χ3n) is 5.03. The minimum absolute atomic E-state index is 0.0169. The molecule has 0 aromatic heterocycles. The maximum absolute atomic E-state index is 12.4. The van der Waals surface area contributed by atoms with Gasteiger partial charge < -0.3 is 4.90 Å². The fourth-order valence-corrected chi connectivity index (χ4v) is 7.71. The minimum Gasteiger partial charge on any atom is -0.349 e. The number of carbonyl (C=O) groups excluding carboxylic acids is 1. The van der Waals surface area contributed by atoms with E-state index in [1.54, 1.807) is 14.1 Å². The molecule has 3 rings (SSSR count). The normalized spacial score (nSPS) is 35.1. The lowest BCUT2D eigenvalue weighted by atomic mass is 9.87. The number of nitrogens with zero attached hydrogens (tertiary/aromatic N) is 2. The monoisotopic (exact) mass is 350 g/mol. The van der Waals surface area contributed by atoms with Gasteiger partial charge in [-0.3, -0.25) is 4.79 Å². The van der Waals surface area contributed by atoms with E-state index in [0.717, 1.165) is 0 Å². The summed E-state index contributed by atoms with van der Waals surface area (Å²) in [4.78, 5) is 13.8. The largest absolute Gasteiger partial charge is 0.349 e. The standard InChI is InChI=1S/C13H22N2O5S2/c1-14(2)13(16)10-5-6-21(17,18)12-8-15(7-11(10)12)22(19,20)9-3-4-9/h9-12H,3-8H2,1-2H3/t10-,11+,12+/m0/s1. The van der Waals surface area contributed by atoms with Crippen molar-refractivity contribution in [3.05, 3.63) is 0 Å². The molecule has 9 heteroatoms. The van der Waals surface area contributed by atoms with Crippen LogP contribution >= 0.6 is 0 Å². The molecule has 0 bridgehead atoms. The SMILES string of the molecule is CN(C)C(=O)[C@H]1CCS(=O)(=O)[C@@H]2CN(S(=O)(=O)C3CC3)C[C@H]12. The Morgan fingerprint density at radius 2 is 1.77 bits per heavy atom. The second kappa shape index (κ2) is 5.17. The van der Waals surface area contributed by atoms with Gasteiger partial charge in [0.2, 0.25) is 15.9 Å². The summed E-state index contributed by atoms with van der Waals surface area (Å²) in [6, 6.07) is 0. The Labute approximate surface area is 131 Å². The summed E-state index contributed by atoms with van der Waals surface area (Å²) in [6.45, 7) is 0.177. The van der Waals surface area contributed by atoms with Gasteiger partial charge in [-0.1, -0.05) is 0 Å². The van der Waals surface area contributed by atoms with Gasteiger partial charge in [-0.25, -0.2) is 21.1 Å². The van der Waals surface area contributed by atoms with E-state index in [1.807, 2.05) is 0 Å². The van der Waals surface area contributed by atoms with Gasteiger partial charge in [-0.15, -0.1) is 0 Å². The number of sulfone groups is 1. The first-order valence-corrected chi connectivity index (χ1v) is 10.8. The molecule has 0 aromatic carbocycles. The van der Waals surface area contributed by atoms with Crippen molar-refractivity contribution in [1.82, 2.24) is 9.21 Å². The predicted octanol–water partition coefficient (Wildman–Crippen LogP) is -0.698. The average Bonchev–Trinajstić information content (AvgIpc) is 3.17. The van der Waals surface area contributed by atoms with E-state index in [1.165, 1.54) is 9.21 Å². The van der Waals surface area contributed by atoms with E-state index in [0.29, 0.717) is 12.8 Å². The first-order valence-electron chi connectivity index (χ1n) is 7.56. The fraction of sp³-hybridized carbons (Fsp3) is 0.923. The number of carbonyl (C=O) groups is 1. The van der Waals surface area contributed by atoms with Gasteiger partial charge in [0, 0.05) is 39.0 Å². The van der Waals surface area contributed by atoms with Crippen LogP contribution in [0, 0.1) is 11.8 Å². The summed E-state index contributed by atoms with van der Waals surface area (Å²) in [5.74, 6) is -0.948. The van der Waals surface area contributed by atoms with Crippen LogP contribution in [0.5, 0.6) is 0 Å². The zero-order chi connectivity index (χ0) is 16.3. The lowest BCUT2D eigenvalue weighted by molar-refractivity contribution is -0.134. The van der Waals surface area contributed by atoms with Crippen molar-refractivity contribution in [2.24, 2.45) is 11.8 Å². The molecule has 1 aliphatic carbocycles. The molecule has 22 heavy (non-hydrogen) atoms. The third kappa shape index (κ3) is 2.56. The zero-order valence-electron chi connectivity index (χ0n) is 12.8. The van der Waals surface area contributed by atoms with Gasteiger partial charge in [-0.2, -0.15) is 0 Å². The number of amides is 1. The third-order valence-corrected chi connectivity index (χ3v) is 9.59. The van der Waals surface area contributed by atoms with Crippen LogP contribution in [0.4, 0.5) is 0 Å². The molecule has 3 atom stereocenters. The minimum atomic E-state index is -3.40. The van der Waals surface area contributed by atoms with E-state index in [2.05, 4.69) is 0 Å². The summed E-state index contributed by atoms with van der Waals surface area (Å²) < 4.78 is 50.7. The molecule has 0 aromatic rings. The highest BCUT2D eigenvalue weighted by Gasteiger charge is 2.54. The molecule has 1 saturated carbocycles. The van der Waals surface area contributed by atoms with E-state index >= 15 is 0 Å². The molecule has 2 aliphatic heterocycles. The van der Waals surface area contributed by atoms with Crippen molar-refractivity contribution in [3.63, 3.8) is 0 Å². The van der Waals surface area contributed by atoms with E-state index < -0.39 is 36.9 Å². The van der Waals surface area contributed by atoms with Gasteiger partial charge in [-0.05, 0) is 19.3 Å². The Morgan fingerprint density at radius 3 is 2.32 bits per heavy atom. The van der Waals surface area contributed by atoms with Gasteiger partial charge in [0.05, 0.1) is 16.3 Å². The number of hydrogen-bond donors (Lipinski definition) is 0. The van der Waals surface area contributed by atoms with Crippen molar-refractivity contribution in [2.75, 3.05) is 32.9 Å². The van der Waals surface area contributed by atoms with Gasteiger partial charge in [0.25, 0.3) is 0 Å². The average molecular weight is 350 g/mol. The van der Waals surface area contributed by atoms with Crippen LogP contribution in [0.2, 0.25) is 0 Å². The van der Waals surface area contributed by atoms with E-state index in [4.69, 9.17) is 0 Å². The van der Waals surface area contributed by atoms with Crippen molar-refractivity contribution in [2.45, 2.75) is 29.8 Å². The van der Waals surface area contributed by atoms with Gasteiger partial charge in [0.1, 0.15) is 0 Å². The highest BCUT2D eigenvalue weighted by atomic mass is 32.2. The van der Waals surface area contributed by atoms with Crippen LogP contribution in [0.3, 0.4) is 0 Å². The Bertz CT molecular complexity index is 681. The van der Waals surface area contributed by atoms with Crippen LogP contribution < -0.4 is 0 Å². The Hall–Kier alpha value is -0.670. The Balaban J connectivity index is 1.89. The summed E-state index contributed by atoms with van der Waals surface area (Å²) in [7, 11) is -3.43. The molecule has 2 saturated heterocycles. The van der Waals surface area contributed by atoms with E-state index in [-0.39, 0.29) is 36.4 Å². The van der Waals surface area contributed by atoms with Crippen LogP contribution in [0.25, 0.3) is 0 Å². The van der Waals surface area contributed by atoms with Crippen molar-refractivity contribution in [3.8, 4) is 0 Å². The predicted molar refractivity (Wildman–Crippen MR) is 81.4 cm³/mol. The Kier molecular flexibility index (Phi) is 3.81. The first kappa shape index (κ1) is 16.2. The summed E-state index contributed by atoms with van der Waals surface area (Å²) in [6.07, 6.45) is 1.60. The maximum Gasteiger partial charge on any atom is 0.225 e. The molecular weight excluding hydrogens is 328 g/mol. The molecule has 7 nitrogen and oxygen atoms in total. The molecule has 0 radical (unpaired) electrons. The number of fused-ring (bicyclic) bond motifs is 1. The summed E-state index contributed by atoms with van der Waals surface area (Å²) in [5.41, 5.74) is 0. The molecule has 0 N–H and O–H groups in total. The molecule has 1 amide bonds. The molecule has 3 aliphatic rings. The molecule has 126 valence electrons. The van der Waals surface area contributed by atoms with Crippen molar-refractivity contribution < 1.29 is 21.6 Å². The second-order valence-corrected chi connectivity index (χ2v) is 11.3. The van der Waals surface area contributed by atoms with Crippen LogP contribution in [0.1, 0.15) is 19.3 Å². The summed E-state index contributed by atoms with van der Waals surface area (Å²) >= 11 is 0. The van der Waals surface area contributed by atoms with Gasteiger partial charge >= 0.3 is 0 Å². The maximum atomic E-state index is 12.4. The Morgan fingerprint density at radius 1 is 1.14 bits per heavy atom. The smallest absolute Gasteiger partial charge is 0.225 e. The zero-order valence-corrected chi connectivity index (χ0v) is 14.4. The lowest BCUT2D eigenvalue weighted by Crippen LogP contribution is -2.46. The number of hydrogen-bond acceptors (Lipinski definition) is 5. The topological polar surface area (TPSA) is 91.8 Å². The van der Waals surface area contributed by atoms with Crippen molar-refractivity contribution in [1.29, 1.82) is 0 Å². The van der Waals surface area contributed by atoms with Crippen LogP contribution in [-0.2, 0) is 24.7 Å². The molecule has 0 spiro atoms. The molecular formula is C13H22N2O5S2. The van der Waals surface area contributed by atoms with Gasteiger partial charge in [0.15, 0.2) is 9.84 Å². The first-order chi connectivity index (χ1) is 10.1. The molecule has 0 unspecified atom stereocenters. The lowest BCUT2D eigenvalue weighted by Gasteiger charge is -2.33. The van der Waals surface area contributed by atoms with Crippen LogP contribution in [0.15, 0.2) is 0 Å².